The van der Waals surface area contributed by atoms with E-state index in [1.165, 1.54) is 22.5 Å². The highest BCUT2D eigenvalue weighted by Gasteiger charge is 2.20. The molecule has 104 valence electrons. The number of hydrogen-bond acceptors (Lipinski definition) is 4. The van der Waals surface area contributed by atoms with Gasteiger partial charge in [-0.2, -0.15) is 5.26 Å². The number of nitrogens with zero attached hydrogens (tertiary/aromatic N) is 2. The maximum Gasteiger partial charge on any atom is 0.242 e. The van der Waals surface area contributed by atoms with Gasteiger partial charge in [-0.25, -0.2) is 12.7 Å². The van der Waals surface area contributed by atoms with Crippen molar-refractivity contribution >= 4 is 10.0 Å². The van der Waals surface area contributed by atoms with E-state index in [1.54, 1.807) is 21.1 Å². The van der Waals surface area contributed by atoms with Crippen LogP contribution in [0.2, 0.25) is 0 Å². The zero-order chi connectivity index (χ0) is 14.5. The van der Waals surface area contributed by atoms with Crippen LogP contribution in [0.5, 0.6) is 0 Å². The molecular weight excluding hydrogens is 264 g/mol. The average molecular weight is 282 g/mol. The smallest absolute Gasteiger partial charge is 0.242 e. The molecule has 0 fully saturated rings. The molecular formula is C13H18N2O3S. The Bertz CT molecular complexity index is 576. The molecule has 0 aliphatic carbocycles. The highest BCUT2D eigenvalue weighted by atomic mass is 32.2. The second-order valence-corrected chi connectivity index (χ2v) is 6.31. The van der Waals surface area contributed by atoms with Gasteiger partial charge >= 0.3 is 0 Å². The SMILES string of the molecule is COCCCN(C)S(=O)(=O)c1ccc(C#N)c(C)c1. The van der Waals surface area contributed by atoms with Crippen molar-refractivity contribution in [3.8, 4) is 6.07 Å². The van der Waals surface area contributed by atoms with Gasteiger partial charge in [-0.15, -0.1) is 0 Å². The standard InChI is InChI=1S/C13H18N2O3S/c1-11-9-13(6-5-12(11)10-14)19(16,17)15(2)7-4-8-18-3/h5-6,9H,4,7-8H2,1-3H3. The summed E-state index contributed by atoms with van der Waals surface area (Å²) in [5, 5.41) is 8.84. The minimum atomic E-state index is -3.50. The number of sulfonamides is 1. The summed E-state index contributed by atoms with van der Waals surface area (Å²) >= 11 is 0. The molecule has 1 aromatic carbocycles. The third kappa shape index (κ3) is 3.77. The predicted octanol–water partition coefficient (Wildman–Crippen LogP) is 1.52. The number of aryl methyl sites for hydroxylation is 1. The first-order chi connectivity index (χ1) is 8.93. The molecule has 0 aromatic heterocycles. The second kappa shape index (κ2) is 6.66. The van der Waals surface area contributed by atoms with Crippen molar-refractivity contribution in [2.75, 3.05) is 27.3 Å². The second-order valence-electron chi connectivity index (χ2n) is 4.26. The summed E-state index contributed by atoms with van der Waals surface area (Å²) in [5.74, 6) is 0. The molecule has 0 aliphatic heterocycles. The molecule has 1 aromatic rings. The van der Waals surface area contributed by atoms with Gasteiger partial charge in [0.1, 0.15) is 0 Å². The highest BCUT2D eigenvalue weighted by molar-refractivity contribution is 7.89. The summed E-state index contributed by atoms with van der Waals surface area (Å²) in [6.07, 6.45) is 0.640. The molecule has 0 amide bonds. The lowest BCUT2D eigenvalue weighted by atomic mass is 10.1. The van der Waals surface area contributed by atoms with Gasteiger partial charge in [-0.1, -0.05) is 0 Å². The first-order valence-corrected chi connectivity index (χ1v) is 7.33. The van der Waals surface area contributed by atoms with Gasteiger partial charge in [0, 0.05) is 27.3 Å². The van der Waals surface area contributed by atoms with E-state index >= 15 is 0 Å². The third-order valence-electron chi connectivity index (χ3n) is 2.85. The summed E-state index contributed by atoms with van der Waals surface area (Å²) in [5.41, 5.74) is 1.15. The molecule has 0 N–H and O–H groups in total. The molecule has 6 heteroatoms. The molecule has 0 atom stereocenters. The number of rotatable bonds is 6. The van der Waals surface area contributed by atoms with Crippen molar-refractivity contribution in [2.24, 2.45) is 0 Å². The molecule has 0 heterocycles. The first kappa shape index (κ1) is 15.6. The Morgan fingerprint density at radius 2 is 2.11 bits per heavy atom. The quantitative estimate of drug-likeness (QED) is 0.742. The van der Waals surface area contributed by atoms with Gasteiger partial charge in [-0.05, 0) is 37.1 Å². The van der Waals surface area contributed by atoms with Crippen molar-refractivity contribution in [2.45, 2.75) is 18.2 Å². The lowest BCUT2D eigenvalue weighted by molar-refractivity contribution is 0.189. The van der Waals surface area contributed by atoms with Crippen LogP contribution in [-0.4, -0.2) is 40.0 Å². The van der Waals surface area contributed by atoms with Crippen LogP contribution in [0.1, 0.15) is 17.5 Å². The molecule has 1 rings (SSSR count). The van der Waals surface area contributed by atoms with Gasteiger partial charge in [0.05, 0.1) is 16.5 Å². The van der Waals surface area contributed by atoms with Crippen LogP contribution in [-0.2, 0) is 14.8 Å². The van der Waals surface area contributed by atoms with Gasteiger partial charge in [0.2, 0.25) is 10.0 Å². The van der Waals surface area contributed by atoms with E-state index in [2.05, 4.69) is 0 Å². The van der Waals surface area contributed by atoms with Crippen molar-refractivity contribution in [3.63, 3.8) is 0 Å². The fourth-order valence-electron chi connectivity index (χ4n) is 1.65. The number of benzene rings is 1. The molecule has 0 radical (unpaired) electrons. The van der Waals surface area contributed by atoms with Crippen LogP contribution in [0.15, 0.2) is 23.1 Å². The van der Waals surface area contributed by atoms with E-state index < -0.39 is 10.0 Å². The molecule has 0 spiro atoms. The first-order valence-electron chi connectivity index (χ1n) is 5.89. The van der Waals surface area contributed by atoms with E-state index in [4.69, 9.17) is 10.00 Å². The van der Waals surface area contributed by atoms with Gasteiger partial charge in [0.25, 0.3) is 0 Å². The zero-order valence-corrected chi connectivity index (χ0v) is 12.2. The number of ether oxygens (including phenoxy) is 1. The van der Waals surface area contributed by atoms with Crippen molar-refractivity contribution in [1.29, 1.82) is 5.26 Å². The summed E-state index contributed by atoms with van der Waals surface area (Å²) in [4.78, 5) is 0.212. The Hall–Kier alpha value is -1.42. The highest BCUT2D eigenvalue weighted by Crippen LogP contribution is 2.18. The summed E-state index contributed by atoms with van der Waals surface area (Å²) < 4.78 is 30.8. The zero-order valence-electron chi connectivity index (χ0n) is 11.4. The normalized spacial score (nSPS) is 11.5. The van der Waals surface area contributed by atoms with Crippen molar-refractivity contribution < 1.29 is 13.2 Å². The van der Waals surface area contributed by atoms with E-state index in [0.29, 0.717) is 30.7 Å². The molecule has 0 aliphatic rings. The monoisotopic (exact) mass is 282 g/mol. The van der Waals surface area contributed by atoms with E-state index in [-0.39, 0.29) is 4.90 Å². The fourth-order valence-corrected chi connectivity index (χ4v) is 2.95. The van der Waals surface area contributed by atoms with Crippen LogP contribution in [0, 0.1) is 18.3 Å². The topological polar surface area (TPSA) is 70.4 Å². The fraction of sp³-hybridized carbons (Fsp3) is 0.462. The summed E-state index contributed by atoms with van der Waals surface area (Å²) in [6.45, 7) is 2.64. The predicted molar refractivity (Wildman–Crippen MR) is 72.2 cm³/mol. The lowest BCUT2D eigenvalue weighted by Crippen LogP contribution is -2.28. The maximum absolute atomic E-state index is 12.3. The van der Waals surface area contributed by atoms with Crippen molar-refractivity contribution in [1.82, 2.24) is 4.31 Å². The molecule has 0 bridgehead atoms. The Morgan fingerprint density at radius 3 is 2.63 bits per heavy atom. The summed E-state index contributed by atoms with van der Waals surface area (Å²) in [7, 11) is -0.377. The van der Waals surface area contributed by atoms with Crippen LogP contribution < -0.4 is 0 Å². The number of methoxy groups -OCH3 is 1. The maximum atomic E-state index is 12.3. The Labute approximate surface area is 114 Å². The van der Waals surface area contributed by atoms with Crippen LogP contribution in [0.3, 0.4) is 0 Å². The molecule has 19 heavy (non-hydrogen) atoms. The molecule has 0 saturated heterocycles. The minimum absolute atomic E-state index is 0.212. The van der Waals surface area contributed by atoms with E-state index in [0.717, 1.165) is 0 Å². The number of hydrogen-bond donors (Lipinski definition) is 0. The minimum Gasteiger partial charge on any atom is -0.385 e. The molecule has 0 unspecified atom stereocenters. The third-order valence-corrected chi connectivity index (χ3v) is 4.70. The Kier molecular flexibility index (Phi) is 5.48. The lowest BCUT2D eigenvalue weighted by Gasteiger charge is -2.17. The molecule has 0 saturated carbocycles. The average Bonchev–Trinajstić information content (AvgIpc) is 2.38. The van der Waals surface area contributed by atoms with E-state index in [1.807, 2.05) is 6.07 Å². The summed E-state index contributed by atoms with van der Waals surface area (Å²) in [6, 6.07) is 6.55. The van der Waals surface area contributed by atoms with Crippen LogP contribution >= 0.6 is 0 Å². The van der Waals surface area contributed by atoms with Gasteiger partial charge in [0.15, 0.2) is 0 Å². The van der Waals surface area contributed by atoms with Gasteiger partial charge < -0.3 is 4.74 Å². The van der Waals surface area contributed by atoms with Crippen LogP contribution in [0.4, 0.5) is 0 Å². The largest absolute Gasteiger partial charge is 0.385 e. The number of nitriles is 1. The van der Waals surface area contributed by atoms with Crippen LogP contribution in [0.25, 0.3) is 0 Å². The Morgan fingerprint density at radius 1 is 1.42 bits per heavy atom. The molecule has 5 nitrogen and oxygen atoms in total. The van der Waals surface area contributed by atoms with Gasteiger partial charge in [-0.3, -0.25) is 0 Å². The van der Waals surface area contributed by atoms with E-state index in [9.17, 15) is 8.42 Å². The van der Waals surface area contributed by atoms with Crippen molar-refractivity contribution in [3.05, 3.63) is 29.3 Å². The Balaban J connectivity index is 2.94.